The van der Waals surface area contributed by atoms with E-state index in [1.54, 1.807) is 6.07 Å². The molecule has 2 aromatic carbocycles. The van der Waals surface area contributed by atoms with Crippen molar-refractivity contribution in [1.29, 1.82) is 0 Å². The van der Waals surface area contributed by atoms with E-state index in [4.69, 9.17) is 33.0 Å². The number of ether oxygens (including phenoxy) is 1. The second kappa shape index (κ2) is 6.62. The smallest absolute Gasteiger partial charge is 0.145 e. The molecule has 0 spiro atoms. The van der Waals surface area contributed by atoms with E-state index in [2.05, 4.69) is 5.32 Å². The number of para-hydroxylation sites is 2. The SMILES string of the molecule is CCOc1ccccc1-n1nc(-c2cccc(Cl)c2Cl)c2c1NCC2. The van der Waals surface area contributed by atoms with Gasteiger partial charge < -0.3 is 10.1 Å². The third-order valence-electron chi connectivity index (χ3n) is 4.25. The van der Waals surface area contributed by atoms with Crippen molar-refractivity contribution in [3.8, 4) is 22.7 Å². The highest BCUT2D eigenvalue weighted by Crippen LogP contribution is 2.40. The number of halogens is 2. The first-order valence-corrected chi connectivity index (χ1v) is 8.98. The van der Waals surface area contributed by atoms with Crippen LogP contribution < -0.4 is 10.1 Å². The first-order valence-electron chi connectivity index (χ1n) is 8.23. The fraction of sp³-hybridized carbons (Fsp3) is 0.211. The van der Waals surface area contributed by atoms with Crippen LogP contribution in [0.25, 0.3) is 16.9 Å². The van der Waals surface area contributed by atoms with Crippen molar-refractivity contribution in [1.82, 2.24) is 9.78 Å². The van der Waals surface area contributed by atoms with E-state index in [1.165, 1.54) is 0 Å². The van der Waals surface area contributed by atoms with Crippen LogP contribution in [0.15, 0.2) is 42.5 Å². The van der Waals surface area contributed by atoms with Crippen LogP contribution in [-0.4, -0.2) is 22.9 Å². The molecular formula is C19H17Cl2N3O. The summed E-state index contributed by atoms with van der Waals surface area (Å²) in [6.45, 7) is 3.44. The molecule has 25 heavy (non-hydrogen) atoms. The van der Waals surface area contributed by atoms with E-state index >= 15 is 0 Å². The molecule has 1 aliphatic rings. The van der Waals surface area contributed by atoms with Gasteiger partial charge in [-0.05, 0) is 31.5 Å². The molecule has 0 bridgehead atoms. The summed E-state index contributed by atoms with van der Waals surface area (Å²) in [5.41, 5.74) is 3.76. The Bertz CT molecular complexity index is 936. The first-order chi connectivity index (χ1) is 12.2. The highest BCUT2D eigenvalue weighted by Gasteiger charge is 2.26. The predicted octanol–water partition coefficient (Wildman–Crippen LogP) is 5.21. The number of fused-ring (bicyclic) bond motifs is 1. The third-order valence-corrected chi connectivity index (χ3v) is 5.07. The molecule has 2 heterocycles. The van der Waals surface area contributed by atoms with Crippen molar-refractivity contribution in [2.24, 2.45) is 0 Å². The van der Waals surface area contributed by atoms with Crippen LogP contribution in [0.5, 0.6) is 5.75 Å². The topological polar surface area (TPSA) is 39.1 Å². The van der Waals surface area contributed by atoms with Gasteiger partial charge in [-0.25, -0.2) is 4.68 Å². The minimum atomic E-state index is 0.529. The monoisotopic (exact) mass is 373 g/mol. The van der Waals surface area contributed by atoms with E-state index in [1.807, 2.05) is 48.0 Å². The van der Waals surface area contributed by atoms with E-state index in [0.717, 1.165) is 47.0 Å². The second-order valence-corrected chi connectivity index (χ2v) is 6.55. The zero-order valence-electron chi connectivity index (χ0n) is 13.7. The molecule has 0 fully saturated rings. The van der Waals surface area contributed by atoms with Crippen LogP contribution >= 0.6 is 23.2 Å². The van der Waals surface area contributed by atoms with Crippen molar-refractivity contribution in [2.75, 3.05) is 18.5 Å². The zero-order chi connectivity index (χ0) is 17.4. The summed E-state index contributed by atoms with van der Waals surface area (Å²) in [4.78, 5) is 0. The maximum Gasteiger partial charge on any atom is 0.145 e. The molecule has 128 valence electrons. The van der Waals surface area contributed by atoms with Gasteiger partial charge in [0.2, 0.25) is 0 Å². The molecule has 0 unspecified atom stereocenters. The number of aromatic nitrogens is 2. The maximum absolute atomic E-state index is 6.44. The number of hydrogen-bond acceptors (Lipinski definition) is 3. The zero-order valence-corrected chi connectivity index (χ0v) is 15.2. The number of benzene rings is 2. The molecule has 3 aromatic rings. The predicted molar refractivity (Wildman–Crippen MR) is 102 cm³/mol. The van der Waals surface area contributed by atoms with Gasteiger partial charge >= 0.3 is 0 Å². The summed E-state index contributed by atoms with van der Waals surface area (Å²) < 4.78 is 7.68. The summed E-state index contributed by atoms with van der Waals surface area (Å²) in [7, 11) is 0. The Kier molecular flexibility index (Phi) is 4.32. The van der Waals surface area contributed by atoms with E-state index < -0.39 is 0 Å². The Balaban J connectivity index is 1.91. The molecule has 0 radical (unpaired) electrons. The van der Waals surface area contributed by atoms with Gasteiger partial charge in [-0.3, -0.25) is 0 Å². The Hall–Kier alpha value is -2.17. The molecule has 4 rings (SSSR count). The van der Waals surface area contributed by atoms with Crippen LogP contribution in [0, 0.1) is 0 Å². The molecule has 0 aliphatic carbocycles. The lowest BCUT2D eigenvalue weighted by Gasteiger charge is -2.12. The van der Waals surface area contributed by atoms with Crippen LogP contribution in [0.1, 0.15) is 12.5 Å². The summed E-state index contributed by atoms with van der Waals surface area (Å²) in [5.74, 6) is 1.78. The van der Waals surface area contributed by atoms with Crippen LogP contribution in [0.2, 0.25) is 10.0 Å². The van der Waals surface area contributed by atoms with Crippen molar-refractivity contribution in [3.05, 3.63) is 58.1 Å². The molecule has 0 atom stereocenters. The molecular weight excluding hydrogens is 357 g/mol. The normalized spacial score (nSPS) is 12.8. The van der Waals surface area contributed by atoms with Crippen LogP contribution in [0.3, 0.4) is 0 Å². The first kappa shape index (κ1) is 16.3. The number of nitrogens with zero attached hydrogens (tertiary/aromatic N) is 2. The van der Waals surface area contributed by atoms with Gasteiger partial charge in [0.1, 0.15) is 17.3 Å². The van der Waals surface area contributed by atoms with Gasteiger partial charge in [-0.15, -0.1) is 0 Å². The van der Waals surface area contributed by atoms with Crippen molar-refractivity contribution in [2.45, 2.75) is 13.3 Å². The lowest BCUT2D eigenvalue weighted by molar-refractivity contribution is 0.338. The third kappa shape index (κ3) is 2.75. The number of hydrogen-bond donors (Lipinski definition) is 1. The Morgan fingerprint density at radius 3 is 2.84 bits per heavy atom. The van der Waals surface area contributed by atoms with Gasteiger partial charge in [-0.1, -0.05) is 47.5 Å². The highest BCUT2D eigenvalue weighted by atomic mass is 35.5. The highest BCUT2D eigenvalue weighted by molar-refractivity contribution is 6.43. The maximum atomic E-state index is 6.44. The quantitative estimate of drug-likeness (QED) is 0.681. The average molecular weight is 374 g/mol. The number of rotatable bonds is 4. The van der Waals surface area contributed by atoms with Gasteiger partial charge in [-0.2, -0.15) is 5.10 Å². The average Bonchev–Trinajstić information content (AvgIpc) is 3.21. The van der Waals surface area contributed by atoms with Gasteiger partial charge in [0, 0.05) is 17.7 Å². The second-order valence-electron chi connectivity index (χ2n) is 5.77. The molecule has 0 saturated carbocycles. The minimum Gasteiger partial charge on any atom is -0.492 e. The molecule has 1 aliphatic heterocycles. The number of anilines is 1. The Morgan fingerprint density at radius 1 is 1.16 bits per heavy atom. The minimum absolute atomic E-state index is 0.529. The van der Waals surface area contributed by atoms with Crippen molar-refractivity contribution in [3.63, 3.8) is 0 Å². The Morgan fingerprint density at radius 2 is 2.00 bits per heavy atom. The van der Waals surface area contributed by atoms with E-state index in [0.29, 0.717) is 16.7 Å². The van der Waals surface area contributed by atoms with E-state index in [9.17, 15) is 0 Å². The summed E-state index contributed by atoms with van der Waals surface area (Å²) in [6, 6.07) is 13.5. The fourth-order valence-electron chi connectivity index (χ4n) is 3.16. The standard InChI is InChI=1S/C19H17Cl2N3O/c1-2-25-16-9-4-3-8-15(16)24-19-13(10-11-22-19)18(23-24)12-6-5-7-14(20)17(12)21/h3-9,22H,2,10-11H2,1H3. The van der Waals surface area contributed by atoms with Crippen molar-refractivity contribution < 1.29 is 4.74 Å². The molecule has 4 nitrogen and oxygen atoms in total. The number of nitrogens with one attached hydrogen (secondary N) is 1. The van der Waals surface area contributed by atoms with Gasteiger partial charge in [0.25, 0.3) is 0 Å². The molecule has 1 N–H and O–H groups in total. The van der Waals surface area contributed by atoms with Crippen LogP contribution in [-0.2, 0) is 6.42 Å². The van der Waals surface area contributed by atoms with Crippen LogP contribution in [0.4, 0.5) is 5.82 Å². The summed E-state index contributed by atoms with van der Waals surface area (Å²) in [5, 5.41) is 9.34. The largest absolute Gasteiger partial charge is 0.492 e. The van der Waals surface area contributed by atoms with E-state index in [-0.39, 0.29) is 0 Å². The molecule has 1 aromatic heterocycles. The summed E-state index contributed by atoms with van der Waals surface area (Å²) >= 11 is 12.6. The Labute approximate surface area is 156 Å². The molecule has 0 amide bonds. The fourth-order valence-corrected chi connectivity index (χ4v) is 3.55. The summed E-state index contributed by atoms with van der Waals surface area (Å²) in [6.07, 6.45) is 0.893. The van der Waals surface area contributed by atoms with Gasteiger partial charge in [0.05, 0.1) is 22.3 Å². The molecule has 6 heteroatoms. The van der Waals surface area contributed by atoms with Crippen molar-refractivity contribution >= 4 is 29.0 Å². The lowest BCUT2D eigenvalue weighted by Crippen LogP contribution is -2.06. The molecule has 0 saturated heterocycles. The lowest BCUT2D eigenvalue weighted by atomic mass is 10.1. The van der Waals surface area contributed by atoms with Gasteiger partial charge in [0.15, 0.2) is 0 Å².